The molecule has 48 valence electrons. The molecule has 1 aromatic rings. The van der Waals surface area contributed by atoms with Crippen LogP contribution in [-0.4, -0.2) is 15.3 Å². The summed E-state index contributed by atoms with van der Waals surface area (Å²) in [5, 5.41) is 1.36. The van der Waals surface area contributed by atoms with Gasteiger partial charge in [-0.05, 0) is 6.92 Å². The van der Waals surface area contributed by atoms with Crippen LogP contribution in [-0.2, 0) is 6.54 Å². The van der Waals surface area contributed by atoms with Gasteiger partial charge in [0.2, 0.25) is 0 Å². The van der Waals surface area contributed by atoms with E-state index in [0.29, 0.717) is 0 Å². The predicted molar refractivity (Wildman–Crippen MR) is 37.7 cm³/mol. The highest BCUT2D eigenvalue weighted by molar-refractivity contribution is 7.99. The summed E-state index contributed by atoms with van der Waals surface area (Å²) in [6, 6.07) is 0. The topological polar surface area (TPSA) is 17.8 Å². The number of thioether (sulfide) groups is 1. The number of hydrogen-bond donors (Lipinski definition) is 0. The third kappa shape index (κ3) is 0.678. The molecule has 0 amide bonds. The number of hydrogen-bond acceptors (Lipinski definition) is 2. The molecule has 1 aliphatic heterocycles. The molecule has 2 heterocycles. The summed E-state index contributed by atoms with van der Waals surface area (Å²) in [4.78, 5) is 4.18. The monoisotopic (exact) mass is 140 g/mol. The Morgan fingerprint density at radius 2 is 2.67 bits per heavy atom. The number of aryl methyl sites for hydroxylation is 2. The van der Waals surface area contributed by atoms with Gasteiger partial charge < -0.3 is 4.57 Å². The highest BCUT2D eigenvalue weighted by atomic mass is 32.2. The molecular weight excluding hydrogens is 132 g/mol. The first-order valence-electron chi connectivity index (χ1n) is 3.02. The maximum atomic E-state index is 4.18. The third-order valence-electron chi connectivity index (χ3n) is 1.53. The van der Waals surface area contributed by atoms with Crippen molar-refractivity contribution in [1.82, 2.24) is 9.55 Å². The summed E-state index contributed by atoms with van der Waals surface area (Å²) >= 11 is 1.90. The average molecular weight is 140 g/mol. The first kappa shape index (κ1) is 5.35. The van der Waals surface area contributed by atoms with Crippen molar-refractivity contribution in [3.8, 4) is 0 Å². The molecule has 0 aliphatic carbocycles. The predicted octanol–water partition coefficient (Wildman–Crippen LogP) is 1.30. The van der Waals surface area contributed by atoms with Crippen LogP contribution in [0.3, 0.4) is 0 Å². The second-order valence-electron chi connectivity index (χ2n) is 2.18. The van der Waals surface area contributed by atoms with Crippen LogP contribution in [0.4, 0.5) is 0 Å². The normalized spacial score (nSPS) is 16.1. The minimum atomic E-state index is 1.14. The van der Waals surface area contributed by atoms with Crippen molar-refractivity contribution in [2.75, 3.05) is 5.75 Å². The van der Waals surface area contributed by atoms with E-state index in [2.05, 4.69) is 16.5 Å². The molecule has 1 aromatic heterocycles. The zero-order valence-corrected chi connectivity index (χ0v) is 6.11. The lowest BCUT2D eigenvalue weighted by atomic mass is 10.5. The van der Waals surface area contributed by atoms with Crippen LogP contribution in [0.1, 0.15) is 5.69 Å². The molecule has 0 aromatic carbocycles. The molecule has 2 rings (SSSR count). The molecule has 2 nitrogen and oxygen atoms in total. The lowest BCUT2D eigenvalue weighted by Gasteiger charge is -1.89. The fraction of sp³-hybridized carbons (Fsp3) is 0.500. The van der Waals surface area contributed by atoms with Crippen molar-refractivity contribution in [3.63, 3.8) is 0 Å². The van der Waals surface area contributed by atoms with Crippen molar-refractivity contribution in [2.24, 2.45) is 0 Å². The zero-order valence-electron chi connectivity index (χ0n) is 5.29. The Balaban J connectivity index is 2.56. The number of aromatic nitrogens is 2. The van der Waals surface area contributed by atoms with E-state index in [1.54, 1.807) is 0 Å². The van der Waals surface area contributed by atoms with Crippen LogP contribution in [0.15, 0.2) is 11.4 Å². The molecule has 0 saturated carbocycles. The van der Waals surface area contributed by atoms with Gasteiger partial charge in [0.1, 0.15) is 0 Å². The van der Waals surface area contributed by atoms with E-state index in [9.17, 15) is 0 Å². The minimum Gasteiger partial charge on any atom is -0.325 e. The van der Waals surface area contributed by atoms with Crippen LogP contribution in [0.25, 0.3) is 0 Å². The summed E-state index contributed by atoms with van der Waals surface area (Å²) in [5.41, 5.74) is 1.18. The van der Waals surface area contributed by atoms with Gasteiger partial charge in [-0.3, -0.25) is 0 Å². The molecule has 3 heteroatoms. The summed E-state index contributed by atoms with van der Waals surface area (Å²) < 4.78 is 2.21. The van der Waals surface area contributed by atoms with Crippen molar-refractivity contribution in [3.05, 3.63) is 12.0 Å². The molecule has 0 fully saturated rings. The van der Waals surface area contributed by atoms with E-state index in [-0.39, 0.29) is 0 Å². The number of fused-ring (bicyclic) bond motifs is 1. The SMILES string of the molecule is Cc1ncn2c1SCC2. The lowest BCUT2D eigenvalue weighted by molar-refractivity contribution is 0.734. The smallest absolute Gasteiger partial charge is 0.0976 e. The van der Waals surface area contributed by atoms with Crippen LogP contribution in [0.5, 0.6) is 0 Å². The maximum Gasteiger partial charge on any atom is 0.0976 e. The highest BCUT2D eigenvalue weighted by Gasteiger charge is 2.12. The van der Waals surface area contributed by atoms with Crippen LogP contribution >= 0.6 is 11.8 Å². The zero-order chi connectivity index (χ0) is 6.27. The van der Waals surface area contributed by atoms with Crippen molar-refractivity contribution in [2.45, 2.75) is 18.5 Å². The van der Waals surface area contributed by atoms with Crippen LogP contribution in [0, 0.1) is 6.92 Å². The Bertz CT molecular complexity index is 229. The van der Waals surface area contributed by atoms with Gasteiger partial charge in [0.25, 0.3) is 0 Å². The molecule has 0 bridgehead atoms. The first-order chi connectivity index (χ1) is 4.38. The Morgan fingerprint density at radius 1 is 1.78 bits per heavy atom. The van der Waals surface area contributed by atoms with Gasteiger partial charge in [-0.2, -0.15) is 0 Å². The molecular formula is C6H8N2S. The molecule has 0 saturated heterocycles. The van der Waals surface area contributed by atoms with Crippen molar-refractivity contribution >= 4 is 11.8 Å². The fourth-order valence-corrected chi connectivity index (χ4v) is 2.11. The second-order valence-corrected chi connectivity index (χ2v) is 3.26. The number of imidazole rings is 1. The maximum absolute atomic E-state index is 4.18. The van der Waals surface area contributed by atoms with E-state index >= 15 is 0 Å². The Morgan fingerprint density at radius 3 is 3.44 bits per heavy atom. The Kier molecular flexibility index (Phi) is 1.05. The largest absolute Gasteiger partial charge is 0.325 e. The standard InChI is InChI=1S/C6H8N2S/c1-5-6-8(4-7-5)2-3-9-6/h4H,2-3H2,1H3. The quantitative estimate of drug-likeness (QED) is 0.540. The highest BCUT2D eigenvalue weighted by Crippen LogP contribution is 2.27. The first-order valence-corrected chi connectivity index (χ1v) is 4.01. The third-order valence-corrected chi connectivity index (χ3v) is 2.72. The molecule has 0 spiro atoms. The number of nitrogens with zero attached hydrogens (tertiary/aromatic N) is 2. The second kappa shape index (κ2) is 1.77. The van der Waals surface area contributed by atoms with Crippen LogP contribution < -0.4 is 0 Å². The van der Waals surface area contributed by atoms with Crippen molar-refractivity contribution in [1.29, 1.82) is 0 Å². The van der Waals surface area contributed by atoms with Gasteiger partial charge in [0.15, 0.2) is 0 Å². The van der Waals surface area contributed by atoms with Gasteiger partial charge in [-0.15, -0.1) is 11.8 Å². The lowest BCUT2D eigenvalue weighted by Crippen LogP contribution is -1.88. The molecule has 0 unspecified atom stereocenters. The van der Waals surface area contributed by atoms with Gasteiger partial charge in [0.05, 0.1) is 17.0 Å². The van der Waals surface area contributed by atoms with Crippen molar-refractivity contribution < 1.29 is 0 Å². The van der Waals surface area contributed by atoms with Gasteiger partial charge >= 0.3 is 0 Å². The van der Waals surface area contributed by atoms with E-state index in [1.165, 1.54) is 16.5 Å². The van der Waals surface area contributed by atoms with E-state index in [0.717, 1.165) is 6.54 Å². The molecule has 1 aliphatic rings. The summed E-state index contributed by atoms with van der Waals surface area (Å²) in [6.45, 7) is 3.20. The van der Waals surface area contributed by atoms with Gasteiger partial charge in [0, 0.05) is 12.3 Å². The molecule has 9 heavy (non-hydrogen) atoms. The summed E-state index contributed by atoms with van der Waals surface area (Å²) in [7, 11) is 0. The van der Waals surface area contributed by atoms with E-state index < -0.39 is 0 Å². The average Bonchev–Trinajstić information content (AvgIpc) is 2.35. The minimum absolute atomic E-state index is 1.14. The van der Waals surface area contributed by atoms with E-state index in [4.69, 9.17) is 0 Å². The summed E-state index contributed by atoms with van der Waals surface area (Å²) in [6.07, 6.45) is 1.92. The van der Waals surface area contributed by atoms with Crippen LogP contribution in [0.2, 0.25) is 0 Å². The van der Waals surface area contributed by atoms with Gasteiger partial charge in [-0.1, -0.05) is 0 Å². The molecule has 0 atom stereocenters. The van der Waals surface area contributed by atoms with E-state index in [1.807, 2.05) is 18.1 Å². The Labute approximate surface area is 58.3 Å². The molecule has 0 N–H and O–H groups in total. The Hall–Kier alpha value is -0.440. The van der Waals surface area contributed by atoms with Gasteiger partial charge in [-0.25, -0.2) is 4.98 Å². The fourth-order valence-electron chi connectivity index (χ4n) is 1.06. The summed E-state index contributed by atoms with van der Waals surface area (Å²) in [5.74, 6) is 1.22. The number of rotatable bonds is 0. The molecule has 0 radical (unpaired) electrons.